The van der Waals surface area contributed by atoms with Crippen molar-refractivity contribution in [1.29, 1.82) is 0 Å². The van der Waals surface area contributed by atoms with Crippen LogP contribution in [-0.2, 0) is 4.79 Å². The molecule has 0 aliphatic rings. The maximum absolute atomic E-state index is 11.5. The first kappa shape index (κ1) is 20.2. The predicted octanol–water partition coefficient (Wildman–Crippen LogP) is 2.90. The van der Waals surface area contributed by atoms with Crippen LogP contribution < -0.4 is 14.9 Å². The number of hydrogen-bond acceptors (Lipinski definition) is 7. The fraction of sp³-hybridized carbons (Fsp3) is 0.625. The second-order valence-electron chi connectivity index (χ2n) is 6.20. The molecule has 1 aromatic heterocycles. The quantitative estimate of drug-likeness (QED) is 0.334. The maximum Gasteiger partial charge on any atom is 0.240 e. The van der Waals surface area contributed by atoms with Gasteiger partial charge in [-0.05, 0) is 11.8 Å². The van der Waals surface area contributed by atoms with Gasteiger partial charge in [0.1, 0.15) is 0 Å². The summed E-state index contributed by atoms with van der Waals surface area (Å²) in [6, 6.07) is 1.62. The van der Waals surface area contributed by atoms with Crippen molar-refractivity contribution in [2.45, 2.75) is 50.9 Å². The van der Waals surface area contributed by atoms with Crippen molar-refractivity contribution >= 4 is 23.9 Å². The van der Waals surface area contributed by atoms with Crippen molar-refractivity contribution in [2.75, 3.05) is 14.2 Å². The molecule has 0 aromatic carbocycles. The van der Waals surface area contributed by atoms with E-state index in [1.807, 2.05) is 6.92 Å². The molecule has 1 aromatic rings. The molecule has 1 rings (SSSR count). The number of aromatic nitrogens is 2. The summed E-state index contributed by atoms with van der Waals surface area (Å²) in [4.78, 5) is 20.2. The smallest absolute Gasteiger partial charge is 0.240 e. The largest absolute Gasteiger partial charge is 0.481 e. The third-order valence-electron chi connectivity index (χ3n) is 3.04. The molecule has 1 atom stereocenters. The highest BCUT2D eigenvalue weighted by molar-refractivity contribution is 8.00. The molecule has 0 radical (unpaired) electrons. The van der Waals surface area contributed by atoms with E-state index < -0.39 is 0 Å². The van der Waals surface area contributed by atoms with Crippen LogP contribution in [0.15, 0.2) is 16.3 Å². The van der Waals surface area contributed by atoms with Crippen molar-refractivity contribution < 1.29 is 14.3 Å². The molecule has 8 heteroatoms. The van der Waals surface area contributed by atoms with Gasteiger partial charge in [-0.15, -0.1) is 0 Å². The van der Waals surface area contributed by atoms with E-state index in [-0.39, 0.29) is 16.6 Å². The molecule has 1 amide bonds. The summed E-state index contributed by atoms with van der Waals surface area (Å²) in [6.07, 6.45) is 2.96. The first-order valence-corrected chi connectivity index (χ1v) is 8.63. The van der Waals surface area contributed by atoms with E-state index in [1.165, 1.54) is 11.8 Å². The second kappa shape index (κ2) is 9.46. The summed E-state index contributed by atoms with van der Waals surface area (Å²) in [5, 5.41) is 4.55. The van der Waals surface area contributed by atoms with Gasteiger partial charge in [0.25, 0.3) is 0 Å². The van der Waals surface area contributed by atoms with Crippen LogP contribution in [0.5, 0.6) is 11.8 Å². The van der Waals surface area contributed by atoms with E-state index in [0.29, 0.717) is 23.3 Å². The highest BCUT2D eigenvalue weighted by Gasteiger charge is 2.26. The fourth-order valence-electron chi connectivity index (χ4n) is 1.65. The number of carbonyl (C=O) groups excluding carboxylic acids is 1. The molecule has 0 aliphatic heterocycles. The van der Waals surface area contributed by atoms with Crippen molar-refractivity contribution in [2.24, 2.45) is 10.5 Å². The van der Waals surface area contributed by atoms with E-state index in [1.54, 1.807) is 26.5 Å². The zero-order valence-electron chi connectivity index (χ0n) is 15.1. The zero-order valence-corrected chi connectivity index (χ0v) is 15.9. The zero-order chi connectivity index (χ0) is 18.2. The average molecular weight is 354 g/mol. The van der Waals surface area contributed by atoms with Crippen molar-refractivity contribution in [3.8, 4) is 11.8 Å². The minimum absolute atomic E-state index is 0.0451. The Hall–Kier alpha value is -1.83. The number of rotatable bonds is 8. The molecule has 24 heavy (non-hydrogen) atoms. The summed E-state index contributed by atoms with van der Waals surface area (Å²) >= 11 is 1.44. The van der Waals surface area contributed by atoms with Gasteiger partial charge < -0.3 is 9.47 Å². The van der Waals surface area contributed by atoms with E-state index in [9.17, 15) is 4.79 Å². The van der Waals surface area contributed by atoms with Crippen LogP contribution in [0, 0.1) is 5.41 Å². The van der Waals surface area contributed by atoms with Crippen LogP contribution in [0.25, 0.3) is 0 Å². The summed E-state index contributed by atoms with van der Waals surface area (Å²) in [5.41, 5.74) is 2.44. The predicted molar refractivity (Wildman–Crippen MR) is 95.8 cm³/mol. The highest BCUT2D eigenvalue weighted by Crippen LogP contribution is 2.34. The third-order valence-corrected chi connectivity index (χ3v) is 4.52. The number of hydrogen-bond donors (Lipinski definition) is 1. The number of amides is 1. The van der Waals surface area contributed by atoms with E-state index >= 15 is 0 Å². The monoisotopic (exact) mass is 354 g/mol. The number of hydrazone groups is 1. The average Bonchev–Trinajstić information content (AvgIpc) is 2.52. The normalized spacial score (nSPS) is 12.9. The summed E-state index contributed by atoms with van der Waals surface area (Å²) in [6.45, 7) is 8.20. The van der Waals surface area contributed by atoms with Gasteiger partial charge >= 0.3 is 0 Å². The lowest BCUT2D eigenvalue weighted by molar-refractivity contribution is -0.121. The molecule has 0 aliphatic carbocycles. The summed E-state index contributed by atoms with van der Waals surface area (Å²) in [7, 11) is 3.09. The molecule has 0 saturated carbocycles. The summed E-state index contributed by atoms with van der Waals surface area (Å²) in [5.74, 6) is 0.779. The first-order chi connectivity index (χ1) is 11.3. The molecule has 1 heterocycles. The summed E-state index contributed by atoms with van der Waals surface area (Å²) < 4.78 is 10.3. The van der Waals surface area contributed by atoms with Crippen LogP contribution in [0.3, 0.4) is 0 Å². The number of carbonyl (C=O) groups is 1. The number of methoxy groups -OCH3 is 2. The van der Waals surface area contributed by atoms with Crippen molar-refractivity contribution in [3.63, 3.8) is 0 Å². The number of nitrogens with zero attached hydrogens (tertiary/aromatic N) is 3. The minimum atomic E-state index is -0.108. The van der Waals surface area contributed by atoms with E-state index in [0.717, 1.165) is 6.42 Å². The molecule has 1 unspecified atom stereocenters. The highest BCUT2D eigenvalue weighted by atomic mass is 32.2. The van der Waals surface area contributed by atoms with Gasteiger partial charge in [0.2, 0.25) is 17.7 Å². The second-order valence-corrected chi connectivity index (χ2v) is 7.31. The van der Waals surface area contributed by atoms with Crippen LogP contribution in [0.2, 0.25) is 0 Å². The van der Waals surface area contributed by atoms with Crippen LogP contribution in [0.4, 0.5) is 0 Å². The molecule has 7 nitrogen and oxygen atoms in total. The van der Waals surface area contributed by atoms with Gasteiger partial charge in [0.15, 0.2) is 5.16 Å². The Labute approximate surface area is 147 Å². The molecule has 134 valence electrons. The Balaban J connectivity index is 2.91. The molecule has 0 saturated heterocycles. The Morgan fingerprint density at radius 2 is 1.92 bits per heavy atom. The SMILES string of the molecule is CCCC(=O)NN=CC(Sc1nc(OC)cc(OC)n1)C(C)(C)C. The van der Waals surface area contributed by atoms with Gasteiger partial charge in [-0.2, -0.15) is 15.1 Å². The van der Waals surface area contributed by atoms with Crippen LogP contribution >= 0.6 is 11.8 Å². The lowest BCUT2D eigenvalue weighted by Crippen LogP contribution is -2.27. The lowest BCUT2D eigenvalue weighted by atomic mass is 9.92. The molecule has 0 spiro atoms. The van der Waals surface area contributed by atoms with Gasteiger partial charge in [-0.25, -0.2) is 5.43 Å². The van der Waals surface area contributed by atoms with E-state index in [4.69, 9.17) is 9.47 Å². The Kier molecular flexibility index (Phi) is 7.97. The Morgan fingerprint density at radius 1 is 1.33 bits per heavy atom. The first-order valence-electron chi connectivity index (χ1n) is 7.75. The van der Waals surface area contributed by atoms with E-state index in [2.05, 4.69) is 41.3 Å². The number of nitrogens with one attached hydrogen (secondary N) is 1. The molecule has 0 bridgehead atoms. The van der Waals surface area contributed by atoms with Gasteiger partial charge in [0, 0.05) is 12.6 Å². The molecule has 1 N–H and O–H groups in total. The Morgan fingerprint density at radius 3 is 2.38 bits per heavy atom. The Bertz CT molecular complexity index is 551. The van der Waals surface area contributed by atoms with Gasteiger partial charge in [-0.3, -0.25) is 4.79 Å². The standard InChI is InChI=1S/C16H26N4O3S/c1-7-8-12(21)20-17-10-11(16(2,3)4)24-15-18-13(22-5)9-14(19-15)23-6/h9-11H,7-8H2,1-6H3,(H,20,21). The minimum Gasteiger partial charge on any atom is -0.481 e. The molecular weight excluding hydrogens is 328 g/mol. The molecule has 0 fully saturated rings. The van der Waals surface area contributed by atoms with Gasteiger partial charge in [-0.1, -0.05) is 39.5 Å². The van der Waals surface area contributed by atoms with Crippen molar-refractivity contribution in [1.82, 2.24) is 15.4 Å². The van der Waals surface area contributed by atoms with Crippen LogP contribution in [-0.4, -0.2) is 41.6 Å². The van der Waals surface area contributed by atoms with Gasteiger partial charge in [0.05, 0.1) is 25.5 Å². The topological polar surface area (TPSA) is 85.7 Å². The lowest BCUT2D eigenvalue weighted by Gasteiger charge is -2.26. The van der Waals surface area contributed by atoms with Crippen LogP contribution in [0.1, 0.15) is 40.5 Å². The number of ether oxygens (including phenoxy) is 2. The molecular formula is C16H26N4O3S. The fourth-order valence-corrected chi connectivity index (χ4v) is 2.64. The third kappa shape index (κ3) is 6.74. The number of thioether (sulfide) groups is 1. The maximum atomic E-state index is 11.5. The van der Waals surface area contributed by atoms with Crippen molar-refractivity contribution in [3.05, 3.63) is 6.07 Å².